The molecular weight excluding hydrogens is 285 g/mol. The summed E-state index contributed by atoms with van der Waals surface area (Å²) in [7, 11) is 0. The van der Waals surface area contributed by atoms with E-state index in [4.69, 9.17) is 22.5 Å². The lowest BCUT2D eigenvalue weighted by Gasteiger charge is -2.28. The lowest BCUT2D eigenvalue weighted by atomic mass is 9.95. The molecule has 1 aromatic rings. The summed E-state index contributed by atoms with van der Waals surface area (Å²) in [5.41, 5.74) is 4.60. The zero-order valence-electron chi connectivity index (χ0n) is 10.7. The number of hydrogen-bond donors (Lipinski definition) is 3. The SMILES string of the molecule is N/C(=N/O)C1(NC(=O)c2cccc(Cl)c2F)CCCC1. The molecule has 5 nitrogen and oxygen atoms in total. The number of amides is 1. The lowest BCUT2D eigenvalue weighted by Crippen LogP contribution is -2.55. The van der Waals surface area contributed by atoms with Crippen LogP contribution in [0.25, 0.3) is 0 Å². The second kappa shape index (κ2) is 5.66. The van der Waals surface area contributed by atoms with E-state index in [2.05, 4.69) is 10.5 Å². The second-order valence-electron chi connectivity index (χ2n) is 4.83. The predicted octanol–water partition coefficient (Wildman–Crippen LogP) is 2.27. The Morgan fingerprint density at radius 2 is 2.10 bits per heavy atom. The van der Waals surface area contributed by atoms with Crippen molar-refractivity contribution in [2.45, 2.75) is 31.2 Å². The quantitative estimate of drug-likeness (QED) is 0.346. The normalized spacial score (nSPS) is 18.0. The lowest BCUT2D eigenvalue weighted by molar-refractivity contribution is 0.0918. The average molecular weight is 300 g/mol. The first kappa shape index (κ1) is 14.6. The van der Waals surface area contributed by atoms with Crippen molar-refractivity contribution in [3.63, 3.8) is 0 Å². The van der Waals surface area contributed by atoms with Gasteiger partial charge in [0.2, 0.25) is 0 Å². The highest BCUT2D eigenvalue weighted by Gasteiger charge is 2.40. The fraction of sp³-hybridized carbons (Fsp3) is 0.385. The summed E-state index contributed by atoms with van der Waals surface area (Å²) < 4.78 is 13.8. The van der Waals surface area contributed by atoms with Crippen LogP contribution in [0.5, 0.6) is 0 Å². The highest BCUT2D eigenvalue weighted by molar-refractivity contribution is 6.31. The molecule has 1 fully saturated rings. The third kappa shape index (κ3) is 2.56. The molecule has 7 heteroatoms. The molecule has 4 N–H and O–H groups in total. The van der Waals surface area contributed by atoms with Crippen molar-refractivity contribution in [2.75, 3.05) is 0 Å². The first-order valence-corrected chi connectivity index (χ1v) is 6.62. The second-order valence-corrected chi connectivity index (χ2v) is 5.24. The number of carbonyl (C=O) groups excluding carboxylic acids is 1. The third-order valence-corrected chi connectivity index (χ3v) is 3.90. The molecule has 0 bridgehead atoms. The molecule has 108 valence electrons. The van der Waals surface area contributed by atoms with Gasteiger partial charge in [-0.15, -0.1) is 0 Å². The number of amidine groups is 1. The molecule has 1 aromatic carbocycles. The number of carbonyl (C=O) groups is 1. The molecule has 0 saturated heterocycles. The number of benzene rings is 1. The van der Waals surface area contributed by atoms with Crippen molar-refractivity contribution in [3.05, 3.63) is 34.6 Å². The zero-order valence-corrected chi connectivity index (χ0v) is 11.5. The number of nitrogens with zero attached hydrogens (tertiary/aromatic N) is 1. The van der Waals surface area contributed by atoms with Crippen LogP contribution in [0.3, 0.4) is 0 Å². The Hall–Kier alpha value is -1.82. The highest BCUT2D eigenvalue weighted by Crippen LogP contribution is 2.30. The summed E-state index contributed by atoms with van der Waals surface area (Å²) in [6.45, 7) is 0. The van der Waals surface area contributed by atoms with E-state index >= 15 is 0 Å². The van der Waals surface area contributed by atoms with Crippen LogP contribution >= 0.6 is 11.6 Å². The Kier molecular flexibility index (Phi) is 4.13. The van der Waals surface area contributed by atoms with E-state index in [-0.39, 0.29) is 16.4 Å². The minimum atomic E-state index is -0.916. The number of nitrogens with two attached hydrogens (primary N) is 1. The van der Waals surface area contributed by atoms with Gasteiger partial charge in [0.1, 0.15) is 5.54 Å². The van der Waals surface area contributed by atoms with Gasteiger partial charge in [-0.2, -0.15) is 0 Å². The van der Waals surface area contributed by atoms with E-state index in [0.717, 1.165) is 12.8 Å². The molecule has 1 saturated carbocycles. The molecule has 0 unspecified atom stereocenters. The predicted molar refractivity (Wildman–Crippen MR) is 73.5 cm³/mol. The van der Waals surface area contributed by atoms with Crippen LogP contribution in [0.2, 0.25) is 5.02 Å². The van der Waals surface area contributed by atoms with Gasteiger partial charge in [0.25, 0.3) is 5.91 Å². The first-order chi connectivity index (χ1) is 9.50. The molecule has 1 aliphatic rings. The highest BCUT2D eigenvalue weighted by atomic mass is 35.5. The van der Waals surface area contributed by atoms with Gasteiger partial charge in [-0.1, -0.05) is 35.7 Å². The van der Waals surface area contributed by atoms with Crippen molar-refractivity contribution in [3.8, 4) is 0 Å². The van der Waals surface area contributed by atoms with Crippen LogP contribution in [-0.2, 0) is 0 Å². The molecule has 1 aliphatic carbocycles. The van der Waals surface area contributed by atoms with Gasteiger partial charge in [-0.05, 0) is 25.0 Å². The Labute approximate surface area is 120 Å². The maximum absolute atomic E-state index is 13.8. The average Bonchev–Trinajstić information content (AvgIpc) is 2.90. The van der Waals surface area contributed by atoms with Gasteiger partial charge >= 0.3 is 0 Å². The fourth-order valence-corrected chi connectivity index (χ4v) is 2.66. The topological polar surface area (TPSA) is 87.7 Å². The number of rotatable bonds is 3. The zero-order chi connectivity index (χ0) is 14.8. The van der Waals surface area contributed by atoms with Crippen molar-refractivity contribution in [2.24, 2.45) is 10.9 Å². The minimum Gasteiger partial charge on any atom is -0.409 e. The largest absolute Gasteiger partial charge is 0.409 e. The Morgan fingerprint density at radius 3 is 2.70 bits per heavy atom. The fourth-order valence-electron chi connectivity index (χ4n) is 2.48. The van der Waals surface area contributed by atoms with Crippen molar-refractivity contribution >= 4 is 23.3 Å². The molecule has 0 spiro atoms. The molecule has 0 atom stereocenters. The van der Waals surface area contributed by atoms with Crippen molar-refractivity contribution < 1.29 is 14.4 Å². The molecular formula is C13H15ClFN3O2. The third-order valence-electron chi connectivity index (χ3n) is 3.60. The molecule has 0 radical (unpaired) electrons. The maximum Gasteiger partial charge on any atom is 0.255 e. The van der Waals surface area contributed by atoms with Crippen LogP contribution in [-0.4, -0.2) is 22.5 Å². The summed E-state index contributed by atoms with van der Waals surface area (Å²) in [5, 5.41) is 14.4. The molecule has 2 rings (SSSR count). The number of oxime groups is 1. The van der Waals surface area contributed by atoms with Crippen LogP contribution in [0.1, 0.15) is 36.0 Å². The molecule has 0 aromatic heterocycles. The first-order valence-electron chi connectivity index (χ1n) is 6.25. The molecule has 0 heterocycles. The van der Waals surface area contributed by atoms with E-state index in [9.17, 15) is 9.18 Å². The summed E-state index contributed by atoms with van der Waals surface area (Å²) in [5.74, 6) is -1.47. The van der Waals surface area contributed by atoms with E-state index in [1.54, 1.807) is 0 Å². The smallest absolute Gasteiger partial charge is 0.255 e. The molecule has 0 aliphatic heterocycles. The summed E-state index contributed by atoms with van der Waals surface area (Å²) in [6.07, 6.45) is 2.79. The molecule has 1 amide bonds. The summed E-state index contributed by atoms with van der Waals surface area (Å²) in [4.78, 5) is 12.2. The Balaban J connectivity index is 2.28. The van der Waals surface area contributed by atoms with Crippen molar-refractivity contribution in [1.29, 1.82) is 0 Å². The maximum atomic E-state index is 13.8. The Bertz CT molecular complexity index is 557. The standard InChI is InChI=1S/C13H15ClFN3O2/c14-9-5-3-4-8(10(9)15)11(19)17-13(12(16)18-20)6-1-2-7-13/h3-5,20H,1-2,6-7H2,(H2,16,18)(H,17,19). The van der Waals surface area contributed by atoms with Crippen LogP contribution in [0.4, 0.5) is 4.39 Å². The van der Waals surface area contributed by atoms with Gasteiger partial charge in [0, 0.05) is 0 Å². The summed E-state index contributed by atoms with van der Waals surface area (Å²) >= 11 is 5.66. The minimum absolute atomic E-state index is 0.0641. The Morgan fingerprint density at radius 1 is 1.45 bits per heavy atom. The van der Waals surface area contributed by atoms with Gasteiger partial charge in [-0.3, -0.25) is 4.79 Å². The van der Waals surface area contributed by atoms with Gasteiger partial charge in [0.15, 0.2) is 11.7 Å². The monoisotopic (exact) mass is 299 g/mol. The van der Waals surface area contributed by atoms with E-state index < -0.39 is 17.3 Å². The summed E-state index contributed by atoms with van der Waals surface area (Å²) in [6, 6.07) is 4.19. The van der Waals surface area contributed by atoms with Crippen LogP contribution < -0.4 is 11.1 Å². The van der Waals surface area contributed by atoms with Crippen molar-refractivity contribution in [1.82, 2.24) is 5.32 Å². The van der Waals surface area contributed by atoms with Gasteiger partial charge < -0.3 is 16.3 Å². The van der Waals surface area contributed by atoms with E-state index in [1.165, 1.54) is 18.2 Å². The van der Waals surface area contributed by atoms with Crippen LogP contribution in [0, 0.1) is 5.82 Å². The number of hydrogen-bond acceptors (Lipinski definition) is 3. The van der Waals surface area contributed by atoms with E-state index in [1.807, 2.05) is 0 Å². The molecule has 20 heavy (non-hydrogen) atoms. The van der Waals surface area contributed by atoms with Gasteiger partial charge in [-0.25, -0.2) is 4.39 Å². The number of nitrogens with one attached hydrogen (secondary N) is 1. The van der Waals surface area contributed by atoms with Gasteiger partial charge in [0.05, 0.1) is 10.6 Å². The number of halogens is 2. The van der Waals surface area contributed by atoms with Crippen LogP contribution in [0.15, 0.2) is 23.4 Å². The van der Waals surface area contributed by atoms with E-state index in [0.29, 0.717) is 12.8 Å².